The van der Waals surface area contributed by atoms with E-state index in [2.05, 4.69) is 5.10 Å². The molecule has 0 aliphatic rings. The molecule has 9 heavy (non-hydrogen) atoms. The molecule has 0 aliphatic heterocycles. The average Bonchev–Trinajstić information content (AvgIpc) is 2.17. The molecule has 3 nitrogen and oxygen atoms in total. The van der Waals surface area contributed by atoms with Gasteiger partial charge < -0.3 is 0 Å². The second kappa shape index (κ2) is 2.55. The van der Waals surface area contributed by atoms with Gasteiger partial charge in [-0.2, -0.15) is 10.4 Å². The van der Waals surface area contributed by atoms with Crippen LogP contribution in [0.1, 0.15) is 0 Å². The number of hydrogen-bond acceptors (Lipinski definition) is 3. The Kier molecular flexibility index (Phi) is 1.75. The van der Waals surface area contributed by atoms with Crippen molar-refractivity contribution in [1.29, 1.82) is 5.26 Å². The molecule has 0 saturated heterocycles. The topological polar surface area (TPSA) is 41.6 Å². The van der Waals surface area contributed by atoms with Gasteiger partial charge >= 0.3 is 0 Å². The van der Waals surface area contributed by atoms with Gasteiger partial charge in [0.05, 0.1) is 0 Å². The lowest BCUT2D eigenvalue weighted by Gasteiger charge is -1.81. The summed E-state index contributed by atoms with van der Waals surface area (Å²) in [6.07, 6.45) is 1.81. The Labute approximate surface area is 57.3 Å². The van der Waals surface area contributed by atoms with E-state index in [0.717, 1.165) is 16.8 Å². The monoisotopic (exact) mass is 139 g/mol. The van der Waals surface area contributed by atoms with Gasteiger partial charge in [-0.25, -0.2) is 0 Å². The van der Waals surface area contributed by atoms with Crippen LogP contribution >= 0.6 is 11.8 Å². The van der Waals surface area contributed by atoms with Crippen LogP contribution < -0.4 is 0 Å². The Balaban J connectivity index is 2.76. The molecule has 1 rings (SSSR count). The minimum atomic E-state index is 0.750. The molecule has 0 aliphatic carbocycles. The molecule has 0 bridgehead atoms. The Morgan fingerprint density at radius 2 is 2.67 bits per heavy atom. The fraction of sp³-hybridized carbons (Fsp3) is 0.200. The largest absolute Gasteiger partial charge is 0.275 e. The molecular formula is C5H5N3S. The van der Waals surface area contributed by atoms with Gasteiger partial charge in [0.2, 0.25) is 0 Å². The minimum absolute atomic E-state index is 0.750. The zero-order valence-electron chi connectivity index (χ0n) is 4.90. The molecule has 0 unspecified atom stereocenters. The van der Waals surface area contributed by atoms with Crippen LogP contribution in [0.5, 0.6) is 0 Å². The normalized spacial score (nSPS) is 8.89. The van der Waals surface area contributed by atoms with E-state index < -0.39 is 0 Å². The first-order valence-corrected chi connectivity index (χ1v) is 3.20. The maximum Gasteiger partial charge on any atom is 0.140 e. The number of thiocyanates is 1. The summed E-state index contributed by atoms with van der Waals surface area (Å²) in [6, 6.07) is 1.80. The lowest BCUT2D eigenvalue weighted by molar-refractivity contribution is 0.739. The summed E-state index contributed by atoms with van der Waals surface area (Å²) in [5, 5.41) is 14.8. The number of thioether (sulfide) groups is 1. The summed E-state index contributed by atoms with van der Waals surface area (Å²) in [7, 11) is 1.82. The van der Waals surface area contributed by atoms with E-state index in [1.165, 1.54) is 0 Å². The van der Waals surface area contributed by atoms with Crippen molar-refractivity contribution in [3.63, 3.8) is 0 Å². The summed E-state index contributed by atoms with van der Waals surface area (Å²) in [4.78, 5) is 0. The summed E-state index contributed by atoms with van der Waals surface area (Å²) >= 11 is 1.07. The Morgan fingerprint density at radius 3 is 3.11 bits per heavy atom. The second-order valence-electron chi connectivity index (χ2n) is 1.52. The van der Waals surface area contributed by atoms with Crippen molar-refractivity contribution in [2.24, 2.45) is 7.05 Å². The van der Waals surface area contributed by atoms with Crippen LogP contribution in [0.2, 0.25) is 0 Å². The average molecular weight is 139 g/mol. The molecule has 0 N–H and O–H groups in total. The van der Waals surface area contributed by atoms with Gasteiger partial charge in [0.1, 0.15) is 10.4 Å². The van der Waals surface area contributed by atoms with Crippen molar-refractivity contribution in [1.82, 2.24) is 9.78 Å². The molecule has 0 spiro atoms. The zero-order valence-corrected chi connectivity index (χ0v) is 5.72. The number of hydrogen-bond donors (Lipinski definition) is 0. The standard InChI is InChI=1S/C5H5N3S/c1-8-3-2-5(7-8)9-4-6/h2-3H,1H3. The van der Waals surface area contributed by atoms with E-state index in [0.29, 0.717) is 0 Å². The SMILES string of the molecule is Cn1ccc(SC#N)n1. The summed E-state index contributed by atoms with van der Waals surface area (Å²) in [5.41, 5.74) is 0. The number of aryl methyl sites for hydroxylation is 1. The lowest BCUT2D eigenvalue weighted by atomic mass is 10.7. The number of aromatic nitrogens is 2. The van der Waals surface area contributed by atoms with Crippen molar-refractivity contribution in [3.8, 4) is 5.40 Å². The fourth-order valence-corrected chi connectivity index (χ4v) is 0.887. The minimum Gasteiger partial charge on any atom is -0.275 e. The summed E-state index contributed by atoms with van der Waals surface area (Å²) in [5.74, 6) is 0. The molecule has 0 atom stereocenters. The van der Waals surface area contributed by atoms with Gasteiger partial charge in [-0.3, -0.25) is 4.68 Å². The van der Waals surface area contributed by atoms with Gasteiger partial charge in [-0.15, -0.1) is 0 Å². The first-order valence-electron chi connectivity index (χ1n) is 2.38. The first-order chi connectivity index (χ1) is 4.33. The maximum atomic E-state index is 8.19. The molecule has 0 radical (unpaired) electrons. The van der Waals surface area contributed by atoms with E-state index in [1.54, 1.807) is 16.9 Å². The van der Waals surface area contributed by atoms with Gasteiger partial charge in [0, 0.05) is 25.0 Å². The maximum absolute atomic E-state index is 8.19. The molecule has 0 aromatic carbocycles. The highest BCUT2D eigenvalue weighted by Gasteiger charge is 1.93. The van der Waals surface area contributed by atoms with Crippen LogP contribution in [0.15, 0.2) is 17.3 Å². The molecule has 4 heteroatoms. The second-order valence-corrected chi connectivity index (χ2v) is 2.33. The van der Waals surface area contributed by atoms with Crippen LogP contribution in [0.25, 0.3) is 0 Å². The quantitative estimate of drug-likeness (QED) is 0.430. The van der Waals surface area contributed by atoms with Crippen molar-refractivity contribution >= 4 is 11.8 Å². The van der Waals surface area contributed by atoms with Crippen molar-refractivity contribution in [3.05, 3.63) is 12.3 Å². The highest BCUT2D eigenvalue weighted by atomic mass is 32.2. The van der Waals surface area contributed by atoms with E-state index in [1.807, 2.05) is 12.4 Å². The highest BCUT2D eigenvalue weighted by Crippen LogP contribution is 2.11. The molecule has 1 aromatic rings. The Bertz CT molecular complexity index is 235. The van der Waals surface area contributed by atoms with Gasteiger partial charge in [0.25, 0.3) is 0 Å². The molecular weight excluding hydrogens is 134 g/mol. The summed E-state index contributed by atoms with van der Waals surface area (Å²) < 4.78 is 1.67. The predicted octanol–water partition coefficient (Wildman–Crippen LogP) is 0.993. The van der Waals surface area contributed by atoms with Crippen molar-refractivity contribution in [2.75, 3.05) is 0 Å². The van der Waals surface area contributed by atoms with Crippen molar-refractivity contribution < 1.29 is 0 Å². The number of rotatable bonds is 1. The predicted molar refractivity (Wildman–Crippen MR) is 34.7 cm³/mol. The first kappa shape index (κ1) is 6.17. The van der Waals surface area contributed by atoms with Crippen LogP contribution in [0.3, 0.4) is 0 Å². The van der Waals surface area contributed by atoms with Crippen LogP contribution in [-0.2, 0) is 7.05 Å². The molecule has 1 heterocycles. The fourth-order valence-electron chi connectivity index (χ4n) is 0.495. The van der Waals surface area contributed by atoms with Crippen molar-refractivity contribution in [2.45, 2.75) is 5.03 Å². The summed E-state index contributed by atoms with van der Waals surface area (Å²) in [6.45, 7) is 0. The molecule has 0 amide bonds. The van der Waals surface area contributed by atoms with E-state index in [4.69, 9.17) is 5.26 Å². The molecule has 0 fully saturated rings. The lowest BCUT2D eigenvalue weighted by Crippen LogP contribution is -1.85. The number of nitrogens with zero attached hydrogens (tertiary/aromatic N) is 3. The molecule has 46 valence electrons. The Hall–Kier alpha value is -0.950. The zero-order chi connectivity index (χ0) is 6.69. The van der Waals surface area contributed by atoms with Gasteiger partial charge in [-0.05, 0) is 6.07 Å². The van der Waals surface area contributed by atoms with Gasteiger partial charge in [0.15, 0.2) is 0 Å². The van der Waals surface area contributed by atoms with E-state index in [9.17, 15) is 0 Å². The van der Waals surface area contributed by atoms with E-state index in [-0.39, 0.29) is 0 Å². The molecule has 1 aromatic heterocycles. The highest BCUT2D eigenvalue weighted by molar-refractivity contribution is 8.03. The van der Waals surface area contributed by atoms with Gasteiger partial charge in [-0.1, -0.05) is 0 Å². The van der Waals surface area contributed by atoms with Crippen LogP contribution in [0.4, 0.5) is 0 Å². The molecule has 0 saturated carbocycles. The third-order valence-corrected chi connectivity index (χ3v) is 1.36. The Morgan fingerprint density at radius 1 is 1.89 bits per heavy atom. The van der Waals surface area contributed by atoms with E-state index >= 15 is 0 Å². The third kappa shape index (κ3) is 1.47. The van der Waals surface area contributed by atoms with Crippen LogP contribution in [-0.4, -0.2) is 9.78 Å². The smallest absolute Gasteiger partial charge is 0.140 e. The third-order valence-electron chi connectivity index (χ3n) is 0.839. The van der Waals surface area contributed by atoms with Crippen LogP contribution in [0, 0.1) is 10.7 Å². The number of nitriles is 1.